The fraction of sp³-hybridized carbons (Fsp3) is 0.846. The number of ether oxygens (including phenoxy) is 2. The molecule has 0 aromatic carbocycles. The second kappa shape index (κ2) is 7.99. The van der Waals surface area contributed by atoms with Crippen LogP contribution in [0.25, 0.3) is 0 Å². The zero-order chi connectivity index (χ0) is 14.3. The van der Waals surface area contributed by atoms with Crippen LogP contribution in [-0.2, 0) is 14.3 Å². The van der Waals surface area contributed by atoms with Crippen molar-refractivity contribution in [1.29, 1.82) is 0 Å². The zero-order valence-electron chi connectivity index (χ0n) is 12.0. The number of carbonyl (C=O) groups is 2. The van der Waals surface area contributed by atoms with Crippen molar-refractivity contribution in [3.05, 3.63) is 0 Å². The molecular formula is C13H24N2O4. The highest BCUT2D eigenvalue weighted by Crippen LogP contribution is 2.14. The second-order valence-corrected chi connectivity index (χ2v) is 4.63. The Hall–Kier alpha value is -1.30. The molecule has 0 unspecified atom stereocenters. The Morgan fingerprint density at radius 2 is 2.00 bits per heavy atom. The number of nitrogens with zero attached hydrogens (tertiary/aromatic N) is 1. The first-order valence-corrected chi connectivity index (χ1v) is 6.92. The maximum Gasteiger partial charge on any atom is 0.407 e. The molecule has 6 nitrogen and oxygen atoms in total. The molecule has 1 fully saturated rings. The molecule has 1 heterocycles. The highest BCUT2D eigenvalue weighted by atomic mass is 16.5. The molecule has 19 heavy (non-hydrogen) atoms. The fourth-order valence-corrected chi connectivity index (χ4v) is 2.23. The zero-order valence-corrected chi connectivity index (χ0v) is 12.0. The minimum Gasteiger partial charge on any atom is -0.465 e. The van der Waals surface area contributed by atoms with E-state index in [1.165, 1.54) is 0 Å². The number of rotatable bonds is 5. The molecule has 2 atom stereocenters. The van der Waals surface area contributed by atoms with Crippen molar-refractivity contribution in [2.75, 3.05) is 26.3 Å². The van der Waals surface area contributed by atoms with Gasteiger partial charge >= 0.3 is 12.1 Å². The minimum absolute atomic E-state index is 0.0321. The van der Waals surface area contributed by atoms with Crippen LogP contribution in [-0.4, -0.2) is 55.3 Å². The van der Waals surface area contributed by atoms with Gasteiger partial charge in [0.1, 0.15) is 6.04 Å². The van der Waals surface area contributed by atoms with Gasteiger partial charge < -0.3 is 14.8 Å². The van der Waals surface area contributed by atoms with Crippen LogP contribution in [0.3, 0.4) is 0 Å². The Balaban J connectivity index is 2.45. The summed E-state index contributed by atoms with van der Waals surface area (Å²) >= 11 is 0. The lowest BCUT2D eigenvalue weighted by Gasteiger charge is -2.35. The molecule has 0 spiro atoms. The van der Waals surface area contributed by atoms with Gasteiger partial charge in [-0.25, -0.2) is 4.79 Å². The SMILES string of the molecule is CCOC(=O)N[C@@H]1CCCN([C@@H](C)C(=O)OCC)C1. The molecule has 0 aromatic heterocycles. The molecule has 0 bridgehead atoms. The molecule has 0 radical (unpaired) electrons. The van der Waals surface area contributed by atoms with Gasteiger partial charge in [0.25, 0.3) is 0 Å². The molecule has 0 aromatic rings. The van der Waals surface area contributed by atoms with Crippen molar-refractivity contribution in [2.24, 2.45) is 0 Å². The third-order valence-corrected chi connectivity index (χ3v) is 3.23. The maximum absolute atomic E-state index is 11.7. The molecule has 1 rings (SSSR count). The molecule has 1 amide bonds. The summed E-state index contributed by atoms with van der Waals surface area (Å²) in [6.07, 6.45) is 1.46. The van der Waals surface area contributed by atoms with Gasteiger partial charge in [-0.05, 0) is 40.2 Å². The molecule has 1 saturated heterocycles. The van der Waals surface area contributed by atoms with Crippen LogP contribution >= 0.6 is 0 Å². The highest BCUT2D eigenvalue weighted by molar-refractivity contribution is 5.75. The number of carbonyl (C=O) groups excluding carboxylic acids is 2. The van der Waals surface area contributed by atoms with Gasteiger partial charge in [0, 0.05) is 12.6 Å². The van der Waals surface area contributed by atoms with Crippen molar-refractivity contribution >= 4 is 12.1 Å². The van der Waals surface area contributed by atoms with E-state index >= 15 is 0 Å². The normalized spacial score (nSPS) is 21.5. The first-order chi connectivity index (χ1) is 9.08. The average Bonchev–Trinajstić information content (AvgIpc) is 2.38. The monoisotopic (exact) mass is 272 g/mol. The van der Waals surface area contributed by atoms with Crippen molar-refractivity contribution in [3.8, 4) is 0 Å². The van der Waals surface area contributed by atoms with E-state index in [0.29, 0.717) is 19.8 Å². The lowest BCUT2D eigenvalue weighted by Crippen LogP contribution is -2.52. The van der Waals surface area contributed by atoms with Gasteiger partial charge in [-0.1, -0.05) is 0 Å². The van der Waals surface area contributed by atoms with E-state index in [0.717, 1.165) is 19.4 Å². The standard InChI is InChI=1S/C13H24N2O4/c1-4-18-12(16)10(3)15-8-6-7-11(9-15)14-13(17)19-5-2/h10-11H,4-9H2,1-3H3,(H,14,17)/t10-,11+/m0/s1. The summed E-state index contributed by atoms with van der Waals surface area (Å²) in [5, 5.41) is 2.82. The maximum atomic E-state index is 11.7. The number of piperidine rings is 1. The predicted octanol–water partition coefficient (Wildman–Crippen LogP) is 1.15. The molecule has 110 valence electrons. The van der Waals surface area contributed by atoms with Crippen LogP contribution < -0.4 is 5.32 Å². The van der Waals surface area contributed by atoms with Gasteiger partial charge in [0.2, 0.25) is 0 Å². The van der Waals surface area contributed by atoms with Gasteiger partial charge in [0.05, 0.1) is 13.2 Å². The van der Waals surface area contributed by atoms with Crippen molar-refractivity contribution in [3.63, 3.8) is 0 Å². The third-order valence-electron chi connectivity index (χ3n) is 3.23. The Labute approximate surface area is 114 Å². The van der Waals surface area contributed by atoms with E-state index in [2.05, 4.69) is 5.32 Å². The van der Waals surface area contributed by atoms with Gasteiger partial charge in [-0.15, -0.1) is 0 Å². The van der Waals surface area contributed by atoms with E-state index in [4.69, 9.17) is 9.47 Å². The summed E-state index contributed by atoms with van der Waals surface area (Å²) in [7, 11) is 0. The molecule has 0 saturated carbocycles. The quantitative estimate of drug-likeness (QED) is 0.760. The van der Waals surface area contributed by atoms with Gasteiger partial charge in [0.15, 0.2) is 0 Å². The van der Waals surface area contributed by atoms with Crippen LogP contribution in [0.2, 0.25) is 0 Å². The van der Waals surface area contributed by atoms with Crippen LogP contribution in [0.1, 0.15) is 33.6 Å². The summed E-state index contributed by atoms with van der Waals surface area (Å²) in [6, 6.07) is -0.239. The number of nitrogens with one attached hydrogen (secondary N) is 1. The Morgan fingerprint density at radius 1 is 1.32 bits per heavy atom. The van der Waals surface area contributed by atoms with E-state index in [9.17, 15) is 9.59 Å². The summed E-state index contributed by atoms with van der Waals surface area (Å²) in [4.78, 5) is 25.1. The van der Waals surface area contributed by atoms with Crippen molar-refractivity contribution < 1.29 is 19.1 Å². The average molecular weight is 272 g/mol. The molecular weight excluding hydrogens is 248 g/mol. The smallest absolute Gasteiger partial charge is 0.407 e. The molecule has 6 heteroatoms. The number of esters is 1. The predicted molar refractivity (Wildman–Crippen MR) is 70.8 cm³/mol. The van der Waals surface area contributed by atoms with E-state index < -0.39 is 6.09 Å². The molecule has 1 aliphatic rings. The largest absolute Gasteiger partial charge is 0.465 e. The Morgan fingerprint density at radius 3 is 2.63 bits per heavy atom. The summed E-state index contributed by atoms with van der Waals surface area (Å²) in [6.45, 7) is 7.66. The number of hydrogen-bond acceptors (Lipinski definition) is 5. The summed E-state index contributed by atoms with van der Waals surface area (Å²) in [5.74, 6) is -0.209. The van der Waals surface area contributed by atoms with Crippen LogP contribution in [0.15, 0.2) is 0 Å². The van der Waals surface area contributed by atoms with E-state index in [-0.39, 0.29) is 18.1 Å². The lowest BCUT2D eigenvalue weighted by molar-refractivity contribution is -0.149. The highest BCUT2D eigenvalue weighted by Gasteiger charge is 2.28. The number of hydrogen-bond donors (Lipinski definition) is 1. The number of alkyl carbamates (subject to hydrolysis) is 1. The Bertz CT molecular complexity index is 309. The van der Waals surface area contributed by atoms with Gasteiger partial charge in [-0.3, -0.25) is 9.69 Å². The number of amides is 1. The van der Waals surface area contributed by atoms with Crippen LogP contribution in [0.5, 0.6) is 0 Å². The summed E-state index contributed by atoms with van der Waals surface area (Å²) < 4.78 is 9.89. The molecule has 1 N–H and O–H groups in total. The Kier molecular flexibility index (Phi) is 6.62. The minimum atomic E-state index is -0.391. The molecule has 1 aliphatic heterocycles. The topological polar surface area (TPSA) is 67.9 Å². The van der Waals surface area contributed by atoms with Gasteiger partial charge in [-0.2, -0.15) is 0 Å². The lowest BCUT2D eigenvalue weighted by atomic mass is 10.0. The molecule has 0 aliphatic carbocycles. The fourth-order valence-electron chi connectivity index (χ4n) is 2.23. The van der Waals surface area contributed by atoms with Crippen LogP contribution in [0.4, 0.5) is 4.79 Å². The number of likely N-dealkylation sites (tertiary alicyclic amines) is 1. The second-order valence-electron chi connectivity index (χ2n) is 4.63. The van der Waals surface area contributed by atoms with Crippen molar-refractivity contribution in [1.82, 2.24) is 10.2 Å². The third kappa shape index (κ3) is 5.06. The van der Waals surface area contributed by atoms with Crippen molar-refractivity contribution in [2.45, 2.75) is 45.7 Å². The first kappa shape index (κ1) is 15.8. The first-order valence-electron chi connectivity index (χ1n) is 6.92. The van der Waals surface area contributed by atoms with E-state index in [1.807, 2.05) is 11.8 Å². The van der Waals surface area contributed by atoms with E-state index in [1.54, 1.807) is 13.8 Å². The summed E-state index contributed by atoms with van der Waals surface area (Å²) in [5.41, 5.74) is 0. The van der Waals surface area contributed by atoms with Crippen LogP contribution in [0, 0.1) is 0 Å².